The molecule has 0 aromatic rings. The standard InChI is InChI=1S/C4H6N.3CH3.Sn/c1-4(2)3-5;;;;/h4H,1H2,2H3;3*1H3;. The van der Waals surface area contributed by atoms with Crippen LogP contribution in [0.3, 0.4) is 0 Å². The van der Waals surface area contributed by atoms with E-state index in [1.165, 1.54) is 4.44 Å². The van der Waals surface area contributed by atoms with Gasteiger partial charge in [-0.05, 0) is 0 Å². The van der Waals surface area contributed by atoms with Crippen LogP contribution in [0.15, 0.2) is 0 Å². The van der Waals surface area contributed by atoms with Gasteiger partial charge < -0.3 is 0 Å². The van der Waals surface area contributed by atoms with E-state index in [0.29, 0.717) is 5.92 Å². The Kier molecular flexibility index (Phi) is 3.57. The summed E-state index contributed by atoms with van der Waals surface area (Å²) >= 11 is -1.61. The van der Waals surface area contributed by atoms with Crippen LogP contribution >= 0.6 is 0 Å². The van der Waals surface area contributed by atoms with Crippen molar-refractivity contribution in [2.24, 2.45) is 5.92 Å². The van der Waals surface area contributed by atoms with Crippen molar-refractivity contribution >= 4 is 18.4 Å². The number of nitrogens with zero attached hydrogens (tertiary/aromatic N) is 1. The van der Waals surface area contributed by atoms with Gasteiger partial charge >= 0.3 is 61.8 Å². The van der Waals surface area contributed by atoms with Crippen LogP contribution in [0.2, 0.25) is 19.3 Å². The van der Waals surface area contributed by atoms with Crippen molar-refractivity contribution in [3.63, 3.8) is 0 Å². The first-order valence-electron chi connectivity index (χ1n) is 3.35. The molecule has 2 heteroatoms. The molecule has 1 unspecified atom stereocenters. The second-order valence-electron chi connectivity index (χ2n) is 3.79. The van der Waals surface area contributed by atoms with Crippen molar-refractivity contribution in [2.75, 3.05) is 0 Å². The van der Waals surface area contributed by atoms with E-state index in [1.807, 2.05) is 6.92 Å². The second kappa shape index (κ2) is 3.46. The van der Waals surface area contributed by atoms with Crippen molar-refractivity contribution in [1.29, 1.82) is 5.26 Å². The molecule has 0 aromatic carbocycles. The van der Waals surface area contributed by atoms with Gasteiger partial charge in [-0.3, -0.25) is 0 Å². The van der Waals surface area contributed by atoms with Gasteiger partial charge in [-0.25, -0.2) is 0 Å². The van der Waals surface area contributed by atoms with Gasteiger partial charge in [-0.15, -0.1) is 0 Å². The number of nitriles is 1. The molecule has 1 nitrogen and oxygen atoms in total. The third kappa shape index (κ3) is 6.17. The third-order valence-electron chi connectivity index (χ3n) is 1.14. The number of hydrogen-bond donors (Lipinski definition) is 0. The Morgan fingerprint density at radius 1 is 1.44 bits per heavy atom. The van der Waals surface area contributed by atoms with E-state index in [0.717, 1.165) is 0 Å². The fourth-order valence-electron chi connectivity index (χ4n) is 0.964. The maximum absolute atomic E-state index is 8.48. The van der Waals surface area contributed by atoms with Crippen LogP contribution in [0.4, 0.5) is 0 Å². The minimum atomic E-state index is -1.61. The Morgan fingerprint density at radius 3 is 2.00 bits per heavy atom. The molecule has 0 aromatic heterocycles. The van der Waals surface area contributed by atoms with Crippen molar-refractivity contribution in [2.45, 2.75) is 26.2 Å². The van der Waals surface area contributed by atoms with Gasteiger partial charge in [-0.2, -0.15) is 0 Å². The summed E-state index contributed by atoms with van der Waals surface area (Å²) in [4.78, 5) is 7.09. The summed E-state index contributed by atoms with van der Waals surface area (Å²) in [6.07, 6.45) is 0. The normalized spacial score (nSPS) is 14.6. The average Bonchev–Trinajstić information content (AvgIpc) is 1.62. The summed E-state index contributed by atoms with van der Waals surface area (Å²) in [6.45, 7) is 2.02. The van der Waals surface area contributed by atoms with E-state index < -0.39 is 18.4 Å². The zero-order chi connectivity index (χ0) is 7.49. The summed E-state index contributed by atoms with van der Waals surface area (Å²) in [5, 5.41) is 8.48. The molecule has 0 rings (SSSR count). The molecule has 0 heterocycles. The summed E-state index contributed by atoms with van der Waals surface area (Å²) in [5.74, 6) is 0.292. The quantitative estimate of drug-likeness (QED) is 0.670. The second-order valence-corrected chi connectivity index (χ2v) is 19.6. The molecule has 0 bridgehead atoms. The van der Waals surface area contributed by atoms with Gasteiger partial charge in [0.2, 0.25) is 0 Å². The van der Waals surface area contributed by atoms with Crippen LogP contribution in [-0.4, -0.2) is 18.4 Å². The first-order valence-corrected chi connectivity index (χ1v) is 13.9. The molecule has 0 fully saturated rings. The van der Waals surface area contributed by atoms with Gasteiger partial charge in [0.25, 0.3) is 0 Å². The van der Waals surface area contributed by atoms with E-state index in [4.69, 9.17) is 5.26 Å². The van der Waals surface area contributed by atoms with Crippen molar-refractivity contribution in [1.82, 2.24) is 0 Å². The number of rotatable bonds is 2. The molecule has 9 heavy (non-hydrogen) atoms. The van der Waals surface area contributed by atoms with E-state index >= 15 is 0 Å². The fraction of sp³-hybridized carbons (Fsp3) is 0.857. The monoisotopic (exact) mass is 233 g/mol. The van der Waals surface area contributed by atoms with Gasteiger partial charge in [0, 0.05) is 0 Å². The van der Waals surface area contributed by atoms with Crippen LogP contribution in [-0.2, 0) is 0 Å². The van der Waals surface area contributed by atoms with Crippen molar-refractivity contribution < 1.29 is 0 Å². The summed E-state index contributed by atoms with van der Waals surface area (Å²) in [5.41, 5.74) is 0. The van der Waals surface area contributed by atoms with Gasteiger partial charge in [-0.1, -0.05) is 0 Å². The Labute approximate surface area is 61.9 Å². The van der Waals surface area contributed by atoms with Crippen LogP contribution in [0.25, 0.3) is 0 Å². The van der Waals surface area contributed by atoms with Crippen LogP contribution in [0.1, 0.15) is 6.92 Å². The zero-order valence-electron chi connectivity index (χ0n) is 6.73. The predicted molar refractivity (Wildman–Crippen MR) is 42.9 cm³/mol. The minimum absolute atomic E-state index is 0.292. The molecule has 0 saturated carbocycles. The SMILES string of the molecule is CC(C#N)[CH2][Sn]([CH3])([CH3])[CH3]. The molecule has 0 aliphatic carbocycles. The topological polar surface area (TPSA) is 23.8 Å². The van der Waals surface area contributed by atoms with Gasteiger partial charge in [0.15, 0.2) is 0 Å². The maximum atomic E-state index is 8.48. The molecule has 0 saturated heterocycles. The van der Waals surface area contributed by atoms with E-state index in [1.54, 1.807) is 0 Å². The molecule has 0 N–H and O–H groups in total. The first kappa shape index (κ1) is 9.29. The molecule has 52 valence electrons. The van der Waals surface area contributed by atoms with Crippen molar-refractivity contribution in [3.05, 3.63) is 0 Å². The van der Waals surface area contributed by atoms with E-state index in [-0.39, 0.29) is 0 Å². The molecule has 1 atom stereocenters. The Morgan fingerprint density at radius 2 is 1.89 bits per heavy atom. The summed E-state index contributed by atoms with van der Waals surface area (Å²) < 4.78 is 1.20. The molecule has 0 aliphatic heterocycles. The Bertz CT molecular complexity index is 118. The molecular formula is C7H15NSn. The molecule has 0 radical (unpaired) electrons. The molecule has 0 spiro atoms. The van der Waals surface area contributed by atoms with E-state index in [2.05, 4.69) is 20.9 Å². The van der Waals surface area contributed by atoms with Crippen LogP contribution in [0.5, 0.6) is 0 Å². The summed E-state index contributed by atoms with van der Waals surface area (Å²) in [7, 11) is 0. The average molecular weight is 232 g/mol. The van der Waals surface area contributed by atoms with E-state index in [9.17, 15) is 0 Å². The molecule has 0 amide bonds. The van der Waals surface area contributed by atoms with Gasteiger partial charge in [0.05, 0.1) is 0 Å². The fourth-order valence-corrected chi connectivity index (χ4v) is 6.47. The molecular weight excluding hydrogens is 217 g/mol. The van der Waals surface area contributed by atoms with Crippen molar-refractivity contribution in [3.8, 4) is 6.07 Å². The summed E-state index contributed by atoms with van der Waals surface area (Å²) in [6, 6.07) is 2.27. The first-order chi connectivity index (χ1) is 3.95. The predicted octanol–water partition coefficient (Wildman–Crippen LogP) is 2.48. The molecule has 0 aliphatic rings. The third-order valence-corrected chi connectivity index (χ3v) is 6.38. The Hall–Kier alpha value is 0.289. The Balaban J connectivity index is 3.63. The number of hydrogen-bond acceptors (Lipinski definition) is 1. The zero-order valence-corrected chi connectivity index (χ0v) is 9.59. The van der Waals surface area contributed by atoms with Crippen LogP contribution < -0.4 is 0 Å². The van der Waals surface area contributed by atoms with Gasteiger partial charge in [0.1, 0.15) is 0 Å². The van der Waals surface area contributed by atoms with Crippen LogP contribution in [0, 0.1) is 17.2 Å².